The molecule has 0 bridgehead atoms. The molecule has 0 saturated carbocycles. The Morgan fingerprint density at radius 1 is 0.636 bits per heavy atom. The number of aromatic amines is 2. The molecule has 0 aliphatic rings. The number of nitrogens with zero attached hydrogens (tertiary/aromatic N) is 5. The third-order valence-electron chi connectivity index (χ3n) is 4.40. The fourth-order valence-corrected chi connectivity index (χ4v) is 2.88. The van der Waals surface area contributed by atoms with Gasteiger partial charge >= 0.3 is 27.0 Å². The Balaban J connectivity index is 0.000000213. The smallest absolute Gasteiger partial charge is 0.0888 e. The van der Waals surface area contributed by atoms with Crippen LogP contribution in [0, 0.1) is 13.8 Å². The maximum atomic E-state index is 4.57. The van der Waals surface area contributed by atoms with Gasteiger partial charge in [0.15, 0.2) is 0 Å². The molecule has 5 heterocycles. The predicted octanol–water partition coefficient (Wildman–Crippen LogP) is 2.31. The van der Waals surface area contributed by atoms with Crippen molar-refractivity contribution in [3.63, 3.8) is 0 Å². The van der Waals surface area contributed by atoms with Gasteiger partial charge in [0.25, 0.3) is 0 Å². The molecule has 7 nitrogen and oxygen atoms in total. The third-order valence-corrected chi connectivity index (χ3v) is 4.40. The topological polar surface area (TPSA) is 96.0 Å². The molecule has 2 N–H and O–H groups in total. The van der Waals surface area contributed by atoms with E-state index in [1.54, 1.807) is 12.4 Å². The van der Waals surface area contributed by atoms with Gasteiger partial charge in [-0.05, 0) is 73.5 Å². The maximum absolute atomic E-state index is 4.57. The first kappa shape index (κ1) is 26.3. The molecule has 5 aromatic heterocycles. The van der Waals surface area contributed by atoms with Gasteiger partial charge < -0.3 is 12.4 Å². The summed E-state index contributed by atoms with van der Waals surface area (Å²) < 4.78 is 0. The number of pyridine rings is 3. The Kier molecular flexibility index (Phi) is 10.8. The fraction of sp³-hybridized carbons (Fsp3) is 0.0870. The molecule has 0 saturated heterocycles. The molecule has 0 radical (unpaired) electrons. The van der Waals surface area contributed by atoms with Crippen LogP contribution in [0.2, 0.25) is 0 Å². The molecule has 0 spiro atoms. The second kappa shape index (κ2) is 13.6. The number of hydrogen-bond donors (Lipinski definition) is 2. The van der Waals surface area contributed by atoms with Crippen LogP contribution >= 0.6 is 9.69 Å². The van der Waals surface area contributed by atoms with Crippen molar-refractivity contribution in [2.75, 3.05) is 0 Å². The van der Waals surface area contributed by atoms with E-state index in [2.05, 4.69) is 58.9 Å². The molecule has 0 fully saturated rings. The van der Waals surface area contributed by atoms with Crippen LogP contribution in [0.3, 0.4) is 0 Å². The molecule has 0 unspecified atom stereocenters. The molecule has 170 valence electrons. The minimum Gasteiger partial charge on any atom is -0.276 e. The van der Waals surface area contributed by atoms with Crippen LogP contribution in [-0.2, 0) is 17.3 Å². The van der Waals surface area contributed by atoms with Gasteiger partial charge in [-0.1, -0.05) is 6.07 Å². The molecule has 5 rings (SSSR count). The van der Waals surface area contributed by atoms with E-state index in [0.29, 0.717) is 0 Å². The second-order valence-corrected chi connectivity index (χ2v) is 6.79. The zero-order valence-corrected chi connectivity index (χ0v) is 21.1. The summed E-state index contributed by atoms with van der Waals surface area (Å²) in [5, 5.41) is 13.6. The first-order valence-corrected chi connectivity index (χ1v) is 11.9. The summed E-state index contributed by atoms with van der Waals surface area (Å²) in [5.74, 6) is 0. The Morgan fingerprint density at radius 3 is 1.45 bits per heavy atom. The van der Waals surface area contributed by atoms with Crippen molar-refractivity contribution in [3.8, 4) is 34.2 Å². The largest absolute Gasteiger partial charge is 0.276 e. The first-order chi connectivity index (χ1) is 15.7. The summed E-state index contributed by atoms with van der Waals surface area (Å²) in [4.78, 5) is 13.1. The minimum absolute atomic E-state index is 0. The molecule has 0 amide bonds. The van der Waals surface area contributed by atoms with Gasteiger partial charge in [0.05, 0.1) is 34.2 Å². The molecule has 0 aromatic carbocycles. The van der Waals surface area contributed by atoms with E-state index in [1.807, 2.05) is 84.3 Å². The van der Waals surface area contributed by atoms with Crippen LogP contribution in [0.15, 0.2) is 79.4 Å². The summed E-state index contributed by atoms with van der Waals surface area (Å²) in [5.41, 5.74) is 7.83. The van der Waals surface area contributed by atoms with Crippen molar-refractivity contribution in [3.05, 3.63) is 90.5 Å². The van der Waals surface area contributed by atoms with E-state index < -0.39 is 0 Å². The molecule has 0 aliphatic carbocycles. The van der Waals surface area contributed by atoms with Crippen LogP contribution in [0.1, 0.15) is 11.1 Å². The average Bonchev–Trinajstić information content (AvgIpc) is 3.56. The van der Waals surface area contributed by atoms with Gasteiger partial charge in [0.1, 0.15) is 0 Å². The quantitative estimate of drug-likeness (QED) is 0.327. The van der Waals surface area contributed by atoms with E-state index in [1.165, 1.54) is 11.1 Å². The third kappa shape index (κ3) is 7.57. The van der Waals surface area contributed by atoms with Crippen molar-refractivity contribution >= 4 is 9.69 Å². The Bertz CT molecular complexity index is 1140. The van der Waals surface area contributed by atoms with Crippen LogP contribution in [0.4, 0.5) is 0 Å². The van der Waals surface area contributed by atoms with Crippen LogP contribution in [0.25, 0.3) is 34.2 Å². The summed E-state index contributed by atoms with van der Waals surface area (Å²) >= 11 is 1.82. The summed E-state index contributed by atoms with van der Waals surface area (Å²) in [7, 11) is 4.57. The maximum Gasteiger partial charge on any atom is 0.0888 e. The number of rotatable bonds is 3. The van der Waals surface area contributed by atoms with E-state index in [4.69, 9.17) is 0 Å². The Morgan fingerprint density at radius 2 is 1.09 bits per heavy atom. The van der Waals surface area contributed by atoms with Gasteiger partial charge in [-0.2, -0.15) is 10.2 Å². The van der Waals surface area contributed by atoms with Gasteiger partial charge in [0.2, 0.25) is 0 Å². The summed E-state index contributed by atoms with van der Waals surface area (Å²) in [6, 6.07) is 17.7. The fourth-order valence-electron chi connectivity index (χ4n) is 2.88. The number of aromatic nitrogens is 7. The van der Waals surface area contributed by atoms with Gasteiger partial charge in [-0.15, -0.1) is 0 Å². The monoisotopic (exact) mass is 567 g/mol. The van der Waals surface area contributed by atoms with Crippen molar-refractivity contribution in [1.82, 2.24) is 35.3 Å². The van der Waals surface area contributed by atoms with E-state index in [9.17, 15) is 0 Å². The summed E-state index contributed by atoms with van der Waals surface area (Å²) in [6.45, 7) is 4.11. The molecule has 0 aliphatic heterocycles. The molecule has 10 heteroatoms. The van der Waals surface area contributed by atoms with E-state index in [-0.39, 0.29) is 12.4 Å². The number of nitrogens with one attached hydrogen (secondary N) is 2. The first-order valence-electron chi connectivity index (χ1n) is 9.64. The zero-order valence-electron chi connectivity index (χ0n) is 17.9. The standard InChI is InChI=1S/C12H12N2.C11H9N5.2ClH.Ru/c1-9-3-5-13-11(7-9)12-8-10(2)4-6-14-12;1-2-8(10-4-6-12-15-10)14-9(3-1)11-5-7-13-16-11;;;/h3-8H,1-2H3;1-7H,(H,12,15)(H,13,16);2*1H;/q;;;;+2/p-2. The zero-order chi connectivity index (χ0) is 22.8. The second-order valence-electron chi connectivity index (χ2n) is 6.79. The number of aryl methyl sites for hydroxylation is 2. The molecule has 33 heavy (non-hydrogen) atoms. The van der Waals surface area contributed by atoms with Crippen LogP contribution in [-0.4, -0.2) is 35.3 Å². The minimum atomic E-state index is 0. The van der Waals surface area contributed by atoms with Crippen molar-refractivity contribution in [2.24, 2.45) is 0 Å². The average molecular weight is 567 g/mol. The van der Waals surface area contributed by atoms with E-state index in [0.717, 1.165) is 34.2 Å². The molecular weight excluding hydrogens is 546 g/mol. The normalized spacial score (nSPS) is 9.58. The summed E-state index contributed by atoms with van der Waals surface area (Å²) in [6.07, 6.45) is 7.04. The Hall–Kier alpha value is -2.93. The predicted molar refractivity (Wildman–Crippen MR) is 122 cm³/mol. The molecule has 5 aromatic rings. The van der Waals surface area contributed by atoms with Gasteiger partial charge in [-0.25, -0.2) is 4.98 Å². The number of H-pyrrole nitrogens is 2. The van der Waals surface area contributed by atoms with Gasteiger partial charge in [0, 0.05) is 24.8 Å². The molecule has 0 atom stereocenters. The van der Waals surface area contributed by atoms with Crippen LogP contribution < -0.4 is 12.4 Å². The number of hydrogen-bond acceptors (Lipinski definition) is 5. The van der Waals surface area contributed by atoms with Crippen molar-refractivity contribution < 1.29 is 29.7 Å². The van der Waals surface area contributed by atoms with E-state index >= 15 is 0 Å². The SMILES string of the molecule is Cc1ccnc(-c2cc(C)ccn2)c1.[Cl-].[Cl][Ru+].c1cc(-c2ccn[nH]2)nc(-c2ccn[nH]2)c1. The molecular formula is C23H21Cl2N7Ru. The van der Waals surface area contributed by atoms with Crippen molar-refractivity contribution in [1.29, 1.82) is 0 Å². The van der Waals surface area contributed by atoms with Crippen molar-refractivity contribution in [2.45, 2.75) is 13.8 Å². The number of halogens is 2. The van der Waals surface area contributed by atoms with Gasteiger partial charge in [-0.3, -0.25) is 20.2 Å². The Labute approximate surface area is 212 Å². The van der Waals surface area contributed by atoms with Crippen LogP contribution in [0.5, 0.6) is 0 Å².